The minimum absolute atomic E-state index is 0.0668. The monoisotopic (exact) mass is 792 g/mol. The number of anilines is 5. The Balaban J connectivity index is 1.11. The molecular formula is C59H40N2O. The van der Waals surface area contributed by atoms with E-state index in [0.717, 1.165) is 39.0 Å². The molecule has 9 aromatic carbocycles. The average Bonchev–Trinajstić information content (AvgIpc) is 3.87. The van der Waals surface area contributed by atoms with Crippen molar-refractivity contribution in [2.45, 2.75) is 11.5 Å². The molecule has 62 heavy (non-hydrogen) atoms. The number of nitrogens with zero attached hydrogens (tertiary/aromatic N) is 2. The van der Waals surface area contributed by atoms with Gasteiger partial charge in [-0.05, 0) is 104 Å². The van der Waals surface area contributed by atoms with Crippen molar-refractivity contribution in [2.75, 3.05) is 9.80 Å². The van der Waals surface area contributed by atoms with Gasteiger partial charge < -0.3 is 14.2 Å². The van der Waals surface area contributed by atoms with Gasteiger partial charge in [-0.25, -0.2) is 0 Å². The van der Waals surface area contributed by atoms with Crippen LogP contribution in [0.2, 0.25) is 0 Å². The topological polar surface area (TPSA) is 19.6 Å². The third kappa shape index (κ3) is 4.94. The summed E-state index contributed by atoms with van der Waals surface area (Å²) in [6.07, 6.45) is 9.40. The molecule has 2 heterocycles. The number of furan rings is 1. The first-order valence-corrected chi connectivity index (χ1v) is 21.6. The second kappa shape index (κ2) is 13.6. The molecule has 0 amide bonds. The zero-order valence-corrected chi connectivity index (χ0v) is 33.9. The molecule has 3 atom stereocenters. The highest BCUT2D eigenvalue weighted by atomic mass is 16.3. The van der Waals surface area contributed by atoms with Gasteiger partial charge in [0.25, 0.3) is 0 Å². The Labute approximate surface area is 360 Å². The molecule has 1 aliphatic heterocycles. The largest absolute Gasteiger partial charge is 0.454 e. The number of hydrogen-bond donors (Lipinski definition) is 0. The maximum atomic E-state index is 6.81. The van der Waals surface area contributed by atoms with Crippen molar-refractivity contribution < 1.29 is 4.42 Å². The maximum Gasteiger partial charge on any atom is 0.159 e. The third-order valence-corrected chi connectivity index (χ3v) is 13.7. The minimum Gasteiger partial charge on any atom is -0.454 e. The van der Waals surface area contributed by atoms with E-state index < -0.39 is 5.41 Å². The van der Waals surface area contributed by atoms with Gasteiger partial charge in [-0.1, -0.05) is 176 Å². The lowest BCUT2D eigenvalue weighted by molar-refractivity contribution is 0.392. The van der Waals surface area contributed by atoms with E-state index in [0.29, 0.717) is 0 Å². The molecule has 0 bridgehead atoms. The summed E-state index contributed by atoms with van der Waals surface area (Å²) in [5.74, 6) is 0.0800. The van der Waals surface area contributed by atoms with Crippen molar-refractivity contribution in [3.05, 3.63) is 247 Å². The maximum absolute atomic E-state index is 6.81. The van der Waals surface area contributed by atoms with Crippen LogP contribution in [-0.4, -0.2) is 6.04 Å². The first kappa shape index (κ1) is 34.9. The highest BCUT2D eigenvalue weighted by molar-refractivity contribution is 6.11. The van der Waals surface area contributed by atoms with Gasteiger partial charge >= 0.3 is 0 Å². The van der Waals surface area contributed by atoms with Crippen LogP contribution in [-0.2, 0) is 5.41 Å². The van der Waals surface area contributed by atoms with Gasteiger partial charge in [-0.3, -0.25) is 0 Å². The van der Waals surface area contributed by atoms with Gasteiger partial charge in [-0.15, -0.1) is 0 Å². The second-order valence-corrected chi connectivity index (χ2v) is 16.8. The van der Waals surface area contributed by atoms with E-state index in [1.165, 1.54) is 61.1 Å². The molecular weight excluding hydrogens is 753 g/mol. The molecule has 3 nitrogen and oxygen atoms in total. The Bertz CT molecular complexity index is 3440. The summed E-state index contributed by atoms with van der Waals surface area (Å²) < 4.78 is 6.81. The molecule has 292 valence electrons. The SMILES string of the molecule is C1=CC2C(C=C1)C1(c3cc(N(c4ccc(-c5ccccc5)cc4)c4cccc5c4oc4ccccc45)ccc3-c3c1ccc1ccccc31)c1ccccc1N2c1ccccc1. The Morgan fingerprint density at radius 3 is 2.05 bits per heavy atom. The van der Waals surface area contributed by atoms with Gasteiger partial charge in [0.15, 0.2) is 5.58 Å². The number of allylic oxidation sites excluding steroid dienone is 2. The summed E-state index contributed by atoms with van der Waals surface area (Å²) in [6, 6.07) is 75.6. The van der Waals surface area contributed by atoms with Crippen LogP contribution in [0.4, 0.5) is 28.4 Å². The van der Waals surface area contributed by atoms with E-state index in [9.17, 15) is 0 Å². The molecule has 0 fully saturated rings. The lowest BCUT2D eigenvalue weighted by Gasteiger charge is -2.53. The zero-order chi connectivity index (χ0) is 40.8. The fourth-order valence-electron chi connectivity index (χ4n) is 11.2. The Morgan fingerprint density at radius 2 is 1.18 bits per heavy atom. The molecule has 10 aromatic rings. The molecule has 0 radical (unpaired) electrons. The van der Waals surface area contributed by atoms with E-state index in [4.69, 9.17) is 4.42 Å². The first-order valence-electron chi connectivity index (χ1n) is 21.6. The van der Waals surface area contributed by atoms with Crippen molar-refractivity contribution in [1.82, 2.24) is 0 Å². The smallest absolute Gasteiger partial charge is 0.159 e. The van der Waals surface area contributed by atoms with Crippen molar-refractivity contribution >= 4 is 61.1 Å². The van der Waals surface area contributed by atoms with Gasteiger partial charge in [0.2, 0.25) is 0 Å². The number of hydrogen-bond acceptors (Lipinski definition) is 3. The highest BCUT2D eigenvalue weighted by Gasteiger charge is 2.57. The Morgan fingerprint density at radius 1 is 0.484 bits per heavy atom. The molecule has 1 spiro atoms. The third-order valence-electron chi connectivity index (χ3n) is 13.7. The molecule has 3 unspecified atom stereocenters. The van der Waals surface area contributed by atoms with Crippen LogP contribution in [0, 0.1) is 5.92 Å². The summed E-state index contributed by atoms with van der Waals surface area (Å²) in [4.78, 5) is 4.98. The lowest BCUT2D eigenvalue weighted by atomic mass is 9.58. The fourth-order valence-corrected chi connectivity index (χ4v) is 11.2. The standard InChI is InChI=1S/C59H40N2O/c1-3-16-39(17-4-1)40-30-33-43(34-31-40)60(55-28-15-23-47-46-22-9-14-29-56(46)62-58(47)55)44-35-36-48-52(38-44)59(51-37-32-41-18-7-8-21-45(41)57(48)51)49-24-10-12-26-53(49)61(42-19-5-2-6-20-42)54-27-13-11-25-50(54)59/h1-38,49,53H. The number of rotatable bonds is 5. The van der Waals surface area contributed by atoms with Crippen molar-refractivity contribution in [3.63, 3.8) is 0 Å². The van der Waals surface area contributed by atoms with Crippen LogP contribution in [0.1, 0.15) is 16.7 Å². The van der Waals surface area contributed by atoms with Crippen LogP contribution in [0.3, 0.4) is 0 Å². The Kier molecular flexibility index (Phi) is 7.65. The lowest BCUT2D eigenvalue weighted by Crippen LogP contribution is -2.52. The number of benzene rings is 9. The highest BCUT2D eigenvalue weighted by Crippen LogP contribution is 2.65. The molecule has 2 aliphatic carbocycles. The normalized spacial score (nSPS) is 18.2. The molecule has 0 saturated heterocycles. The summed E-state index contributed by atoms with van der Waals surface area (Å²) in [5.41, 5.74) is 15.8. The average molecular weight is 793 g/mol. The number of fused-ring (bicyclic) bond motifs is 14. The molecule has 3 aliphatic rings. The molecule has 1 aromatic heterocycles. The van der Waals surface area contributed by atoms with E-state index in [1.54, 1.807) is 0 Å². The van der Waals surface area contributed by atoms with Gasteiger partial charge in [0, 0.05) is 39.4 Å². The van der Waals surface area contributed by atoms with E-state index in [2.05, 4.69) is 240 Å². The van der Waals surface area contributed by atoms with Crippen molar-refractivity contribution in [1.29, 1.82) is 0 Å². The van der Waals surface area contributed by atoms with Crippen LogP contribution in [0.25, 0.3) is 55.0 Å². The molecule has 0 N–H and O–H groups in total. The van der Waals surface area contributed by atoms with Crippen LogP contribution in [0.15, 0.2) is 235 Å². The van der Waals surface area contributed by atoms with E-state index >= 15 is 0 Å². The predicted molar refractivity (Wildman–Crippen MR) is 257 cm³/mol. The summed E-state index contributed by atoms with van der Waals surface area (Å²) >= 11 is 0. The number of para-hydroxylation sites is 4. The summed E-state index contributed by atoms with van der Waals surface area (Å²) in [6.45, 7) is 0. The Hall–Kier alpha value is -7.88. The van der Waals surface area contributed by atoms with E-state index in [-0.39, 0.29) is 12.0 Å². The second-order valence-electron chi connectivity index (χ2n) is 16.8. The van der Waals surface area contributed by atoms with Crippen LogP contribution >= 0.6 is 0 Å². The van der Waals surface area contributed by atoms with E-state index in [1.807, 2.05) is 0 Å². The van der Waals surface area contributed by atoms with Gasteiger partial charge in [-0.2, -0.15) is 0 Å². The van der Waals surface area contributed by atoms with Crippen LogP contribution < -0.4 is 9.80 Å². The molecule has 13 rings (SSSR count). The molecule has 0 saturated carbocycles. The quantitative estimate of drug-likeness (QED) is 0.173. The predicted octanol–water partition coefficient (Wildman–Crippen LogP) is 15.5. The first-order chi connectivity index (χ1) is 30.8. The van der Waals surface area contributed by atoms with Crippen LogP contribution in [0.5, 0.6) is 0 Å². The fraction of sp³-hybridized carbons (Fsp3) is 0.0508. The zero-order valence-electron chi connectivity index (χ0n) is 33.9. The summed E-state index contributed by atoms with van der Waals surface area (Å²) in [7, 11) is 0. The van der Waals surface area contributed by atoms with Crippen molar-refractivity contribution in [2.24, 2.45) is 5.92 Å². The molecule has 3 heteroatoms. The van der Waals surface area contributed by atoms with Crippen molar-refractivity contribution in [3.8, 4) is 22.3 Å². The summed E-state index contributed by atoms with van der Waals surface area (Å²) in [5, 5.41) is 4.75. The van der Waals surface area contributed by atoms with Gasteiger partial charge in [0.05, 0.1) is 17.1 Å². The minimum atomic E-state index is -0.507. The van der Waals surface area contributed by atoms with Gasteiger partial charge in [0.1, 0.15) is 5.58 Å².